The highest BCUT2D eigenvalue weighted by Gasteiger charge is 2.31. The Morgan fingerprint density at radius 3 is 2.46 bits per heavy atom. The first kappa shape index (κ1) is 18.7. The number of anilines is 1. The molecule has 0 unspecified atom stereocenters. The molecule has 0 atom stereocenters. The quantitative estimate of drug-likeness (QED) is 0.652. The number of piperazine rings is 1. The summed E-state index contributed by atoms with van der Waals surface area (Å²) in [7, 11) is 1.86. The minimum absolute atomic E-state index is 0.0272. The first-order chi connectivity index (χ1) is 13.2. The van der Waals surface area contributed by atoms with E-state index in [2.05, 4.69) is 10.1 Å². The summed E-state index contributed by atoms with van der Waals surface area (Å²) in [5, 5.41) is 5.34. The molecule has 148 valence electrons. The zero-order chi connectivity index (χ0) is 20.1. The number of thiophene rings is 1. The van der Waals surface area contributed by atoms with Crippen molar-refractivity contribution in [3.63, 3.8) is 0 Å². The fourth-order valence-corrected chi connectivity index (χ4v) is 4.44. The maximum atomic E-state index is 12.8. The minimum atomic E-state index is -4.39. The van der Waals surface area contributed by atoms with Gasteiger partial charge in [0.15, 0.2) is 0 Å². The molecule has 1 aliphatic heterocycles. The number of alkyl halides is 3. The van der Waals surface area contributed by atoms with E-state index in [1.54, 1.807) is 9.58 Å². The average Bonchev–Trinajstić information content (AvgIpc) is 3.22. The van der Waals surface area contributed by atoms with Gasteiger partial charge >= 0.3 is 6.18 Å². The minimum Gasteiger partial charge on any atom is -0.353 e. The molecular formula is C18H18F3N5OS. The topological polar surface area (TPSA) is 54.3 Å². The smallest absolute Gasteiger partial charge is 0.353 e. The number of aryl methyl sites for hydroxylation is 2. The number of amides is 1. The Kier molecular flexibility index (Phi) is 4.53. The maximum absolute atomic E-state index is 12.8. The van der Waals surface area contributed by atoms with E-state index >= 15 is 0 Å². The van der Waals surface area contributed by atoms with Crippen LogP contribution in [0.1, 0.15) is 20.9 Å². The van der Waals surface area contributed by atoms with Crippen LogP contribution < -0.4 is 4.90 Å². The molecule has 28 heavy (non-hydrogen) atoms. The van der Waals surface area contributed by atoms with Crippen LogP contribution in [-0.2, 0) is 13.2 Å². The molecule has 1 fully saturated rings. The summed E-state index contributed by atoms with van der Waals surface area (Å²) in [5.41, 5.74) is 0.130. The first-order valence-corrected chi connectivity index (χ1v) is 9.56. The Morgan fingerprint density at radius 1 is 1.18 bits per heavy atom. The molecule has 4 rings (SSSR count). The Morgan fingerprint density at radius 2 is 1.89 bits per heavy atom. The van der Waals surface area contributed by atoms with E-state index in [0.717, 1.165) is 28.2 Å². The number of pyridine rings is 1. The summed E-state index contributed by atoms with van der Waals surface area (Å²) in [6.07, 6.45) is -3.55. The van der Waals surface area contributed by atoms with Gasteiger partial charge in [0.1, 0.15) is 10.6 Å². The van der Waals surface area contributed by atoms with E-state index in [-0.39, 0.29) is 5.91 Å². The van der Waals surface area contributed by atoms with Crippen LogP contribution in [0.25, 0.3) is 10.2 Å². The fourth-order valence-electron chi connectivity index (χ4n) is 3.35. The number of hydrogen-bond donors (Lipinski definition) is 0. The Bertz CT molecular complexity index is 982. The van der Waals surface area contributed by atoms with Crippen LogP contribution in [0.2, 0.25) is 0 Å². The average molecular weight is 409 g/mol. The van der Waals surface area contributed by atoms with Crippen LogP contribution in [0.3, 0.4) is 0 Å². The number of hydrogen-bond acceptors (Lipinski definition) is 5. The van der Waals surface area contributed by atoms with Gasteiger partial charge in [-0.15, -0.1) is 11.3 Å². The molecule has 0 bridgehead atoms. The van der Waals surface area contributed by atoms with E-state index in [1.807, 2.05) is 24.9 Å². The van der Waals surface area contributed by atoms with Gasteiger partial charge in [-0.2, -0.15) is 18.3 Å². The zero-order valence-corrected chi connectivity index (χ0v) is 16.1. The van der Waals surface area contributed by atoms with E-state index < -0.39 is 11.7 Å². The Hall–Kier alpha value is -2.62. The normalized spacial score (nSPS) is 15.5. The molecule has 0 radical (unpaired) electrons. The Labute approximate surface area is 163 Å². The van der Waals surface area contributed by atoms with Crippen LogP contribution in [0.5, 0.6) is 0 Å². The lowest BCUT2D eigenvalue weighted by atomic mass is 10.2. The van der Waals surface area contributed by atoms with Crippen molar-refractivity contribution in [1.29, 1.82) is 0 Å². The second kappa shape index (κ2) is 6.77. The predicted octanol–water partition coefficient (Wildman–Crippen LogP) is 3.32. The van der Waals surface area contributed by atoms with Gasteiger partial charge in [-0.05, 0) is 25.1 Å². The molecule has 10 heteroatoms. The third-order valence-electron chi connectivity index (χ3n) is 4.87. The van der Waals surface area contributed by atoms with Crippen molar-refractivity contribution in [2.24, 2.45) is 7.05 Å². The molecule has 0 aromatic carbocycles. The van der Waals surface area contributed by atoms with Crippen LogP contribution in [-0.4, -0.2) is 51.8 Å². The van der Waals surface area contributed by atoms with Crippen molar-refractivity contribution in [3.8, 4) is 0 Å². The Balaban J connectivity index is 1.43. The number of aromatic nitrogens is 3. The van der Waals surface area contributed by atoms with Crippen LogP contribution in [0.15, 0.2) is 24.4 Å². The van der Waals surface area contributed by atoms with Crippen molar-refractivity contribution in [2.75, 3.05) is 31.1 Å². The molecule has 6 nitrogen and oxygen atoms in total. The summed E-state index contributed by atoms with van der Waals surface area (Å²) in [5.74, 6) is 0.462. The lowest BCUT2D eigenvalue weighted by Crippen LogP contribution is -2.48. The predicted molar refractivity (Wildman–Crippen MR) is 101 cm³/mol. The summed E-state index contributed by atoms with van der Waals surface area (Å²) in [4.78, 5) is 22.1. The summed E-state index contributed by atoms with van der Waals surface area (Å²) in [6.45, 7) is 3.95. The van der Waals surface area contributed by atoms with Crippen molar-refractivity contribution in [1.82, 2.24) is 19.7 Å². The third-order valence-corrected chi connectivity index (χ3v) is 6.06. The molecule has 0 spiro atoms. The third kappa shape index (κ3) is 3.32. The zero-order valence-electron chi connectivity index (χ0n) is 15.3. The van der Waals surface area contributed by atoms with E-state index in [1.165, 1.54) is 17.4 Å². The van der Waals surface area contributed by atoms with E-state index in [0.29, 0.717) is 36.9 Å². The molecule has 3 aromatic heterocycles. The second-order valence-electron chi connectivity index (χ2n) is 6.72. The maximum Gasteiger partial charge on any atom is 0.417 e. The summed E-state index contributed by atoms with van der Waals surface area (Å²) in [6, 6.07) is 4.30. The van der Waals surface area contributed by atoms with E-state index in [4.69, 9.17) is 0 Å². The molecule has 0 saturated carbocycles. The second-order valence-corrected chi connectivity index (χ2v) is 7.75. The van der Waals surface area contributed by atoms with Crippen LogP contribution in [0.4, 0.5) is 19.0 Å². The molecule has 1 aliphatic rings. The number of nitrogens with zero attached hydrogens (tertiary/aromatic N) is 5. The molecule has 0 aliphatic carbocycles. The van der Waals surface area contributed by atoms with Gasteiger partial charge in [0.2, 0.25) is 0 Å². The van der Waals surface area contributed by atoms with Gasteiger partial charge in [-0.1, -0.05) is 0 Å². The highest BCUT2D eigenvalue weighted by molar-refractivity contribution is 7.20. The molecule has 4 heterocycles. The number of carbonyl (C=O) groups is 1. The number of rotatable bonds is 2. The number of carbonyl (C=O) groups excluding carboxylic acids is 1. The van der Waals surface area contributed by atoms with Gasteiger partial charge in [0.25, 0.3) is 5.91 Å². The van der Waals surface area contributed by atoms with Gasteiger partial charge in [-0.25, -0.2) is 4.98 Å². The standard InChI is InChI=1S/C18H18F3N5OS/c1-11-13-9-14(28-17(13)24(2)23-11)16(27)26-7-5-25(6-8-26)15-4-3-12(10-22-15)18(19,20)21/h3-4,9-10H,5-8H2,1-2H3. The summed E-state index contributed by atoms with van der Waals surface area (Å²) >= 11 is 1.42. The summed E-state index contributed by atoms with van der Waals surface area (Å²) < 4.78 is 39.8. The van der Waals surface area contributed by atoms with Crippen molar-refractivity contribution in [3.05, 3.63) is 40.5 Å². The number of fused-ring (bicyclic) bond motifs is 1. The monoisotopic (exact) mass is 409 g/mol. The SMILES string of the molecule is Cc1nn(C)c2sc(C(=O)N3CCN(c4ccc(C(F)(F)F)cn4)CC3)cc12. The van der Waals surface area contributed by atoms with Gasteiger partial charge in [-0.3, -0.25) is 9.48 Å². The highest BCUT2D eigenvalue weighted by Crippen LogP contribution is 2.30. The van der Waals surface area contributed by atoms with Gasteiger partial charge in [0, 0.05) is 44.8 Å². The van der Waals surface area contributed by atoms with Crippen molar-refractivity contribution < 1.29 is 18.0 Å². The largest absolute Gasteiger partial charge is 0.417 e. The van der Waals surface area contributed by atoms with Gasteiger partial charge in [0.05, 0.1) is 16.1 Å². The van der Waals surface area contributed by atoms with Crippen LogP contribution in [0, 0.1) is 6.92 Å². The highest BCUT2D eigenvalue weighted by atomic mass is 32.1. The lowest BCUT2D eigenvalue weighted by molar-refractivity contribution is -0.137. The molecule has 1 amide bonds. The number of halogens is 3. The molecule has 1 saturated heterocycles. The van der Waals surface area contributed by atoms with Crippen LogP contribution >= 0.6 is 11.3 Å². The van der Waals surface area contributed by atoms with E-state index in [9.17, 15) is 18.0 Å². The lowest BCUT2D eigenvalue weighted by Gasteiger charge is -2.35. The molecule has 3 aromatic rings. The first-order valence-electron chi connectivity index (χ1n) is 8.74. The van der Waals surface area contributed by atoms with Crippen molar-refractivity contribution >= 4 is 33.3 Å². The fraction of sp³-hybridized carbons (Fsp3) is 0.389. The van der Waals surface area contributed by atoms with Gasteiger partial charge < -0.3 is 9.80 Å². The molecular weight excluding hydrogens is 391 g/mol. The van der Waals surface area contributed by atoms with Crippen molar-refractivity contribution in [2.45, 2.75) is 13.1 Å². The molecule has 0 N–H and O–H groups in total.